The van der Waals surface area contributed by atoms with Crippen molar-refractivity contribution in [3.05, 3.63) is 65.7 Å². The summed E-state index contributed by atoms with van der Waals surface area (Å²) in [7, 11) is -1.58. The summed E-state index contributed by atoms with van der Waals surface area (Å²) in [6.45, 7) is 1.27. The van der Waals surface area contributed by atoms with Crippen molar-refractivity contribution >= 4 is 10.0 Å². The van der Waals surface area contributed by atoms with Crippen LogP contribution in [0.1, 0.15) is 24.0 Å². The van der Waals surface area contributed by atoms with Gasteiger partial charge in [0, 0.05) is 13.1 Å². The van der Waals surface area contributed by atoms with Crippen molar-refractivity contribution in [3.8, 4) is 5.75 Å². The van der Waals surface area contributed by atoms with Crippen molar-refractivity contribution in [2.24, 2.45) is 5.92 Å². The third-order valence-electron chi connectivity index (χ3n) is 5.12. The van der Waals surface area contributed by atoms with E-state index in [2.05, 4.69) is 24.3 Å². The Balaban J connectivity index is 1.51. The van der Waals surface area contributed by atoms with E-state index in [1.165, 1.54) is 5.56 Å². The molecular formula is C21H27NO3S. The Morgan fingerprint density at radius 1 is 1.00 bits per heavy atom. The lowest BCUT2D eigenvalue weighted by Crippen LogP contribution is -2.40. The summed E-state index contributed by atoms with van der Waals surface area (Å²) in [5.41, 5.74) is 2.33. The number of hydrogen-bond acceptors (Lipinski definition) is 3. The molecule has 1 aliphatic heterocycles. The lowest BCUT2D eigenvalue weighted by molar-refractivity contribution is 0.273. The van der Waals surface area contributed by atoms with Gasteiger partial charge in [-0.25, -0.2) is 12.7 Å². The van der Waals surface area contributed by atoms with E-state index in [9.17, 15) is 8.42 Å². The largest absolute Gasteiger partial charge is 0.497 e. The highest BCUT2D eigenvalue weighted by Gasteiger charge is 2.27. The van der Waals surface area contributed by atoms with E-state index >= 15 is 0 Å². The van der Waals surface area contributed by atoms with Crippen molar-refractivity contribution in [3.63, 3.8) is 0 Å². The van der Waals surface area contributed by atoms with E-state index in [0.717, 1.165) is 30.6 Å². The molecule has 0 amide bonds. The van der Waals surface area contributed by atoms with Gasteiger partial charge in [-0.05, 0) is 54.9 Å². The zero-order valence-corrected chi connectivity index (χ0v) is 16.1. The Labute approximate surface area is 156 Å². The molecule has 1 fully saturated rings. The van der Waals surface area contributed by atoms with Gasteiger partial charge in [-0.1, -0.05) is 42.5 Å². The molecule has 0 spiro atoms. The molecule has 5 heteroatoms. The number of benzene rings is 2. The Hall–Kier alpha value is -1.85. The van der Waals surface area contributed by atoms with Crippen LogP contribution in [0.2, 0.25) is 0 Å². The third kappa shape index (κ3) is 5.08. The Morgan fingerprint density at radius 3 is 2.38 bits per heavy atom. The first-order chi connectivity index (χ1) is 12.6. The van der Waals surface area contributed by atoms with Crippen LogP contribution in [-0.2, 0) is 22.9 Å². The predicted molar refractivity (Wildman–Crippen MR) is 105 cm³/mol. The first kappa shape index (κ1) is 18.9. The Kier molecular flexibility index (Phi) is 6.33. The number of ether oxygens (including phenoxy) is 1. The third-order valence-corrected chi connectivity index (χ3v) is 6.99. The highest BCUT2D eigenvalue weighted by Crippen LogP contribution is 2.24. The molecule has 1 heterocycles. The molecule has 0 saturated carbocycles. The fourth-order valence-corrected chi connectivity index (χ4v) is 5.06. The van der Waals surface area contributed by atoms with Crippen LogP contribution in [-0.4, -0.2) is 38.7 Å². The average molecular weight is 374 g/mol. The minimum atomic E-state index is -3.20. The molecule has 0 aliphatic carbocycles. The number of methoxy groups -OCH3 is 1. The maximum atomic E-state index is 12.7. The second-order valence-corrected chi connectivity index (χ2v) is 9.04. The van der Waals surface area contributed by atoms with Gasteiger partial charge in [-0.3, -0.25) is 0 Å². The summed E-state index contributed by atoms with van der Waals surface area (Å²) >= 11 is 0. The maximum absolute atomic E-state index is 12.7. The van der Waals surface area contributed by atoms with Crippen LogP contribution in [0.3, 0.4) is 0 Å². The van der Waals surface area contributed by atoms with Gasteiger partial charge in [0.05, 0.1) is 12.9 Å². The summed E-state index contributed by atoms with van der Waals surface area (Å²) in [6, 6.07) is 18.1. The quantitative estimate of drug-likeness (QED) is 0.746. The van der Waals surface area contributed by atoms with Crippen LogP contribution < -0.4 is 4.74 Å². The van der Waals surface area contributed by atoms with Crippen LogP contribution in [0.25, 0.3) is 0 Å². The Morgan fingerprint density at radius 2 is 1.69 bits per heavy atom. The van der Waals surface area contributed by atoms with E-state index in [1.54, 1.807) is 11.4 Å². The average Bonchev–Trinajstić information content (AvgIpc) is 2.68. The molecule has 2 aromatic rings. The highest BCUT2D eigenvalue weighted by molar-refractivity contribution is 7.89. The molecular weight excluding hydrogens is 346 g/mol. The highest BCUT2D eigenvalue weighted by atomic mass is 32.2. The van der Waals surface area contributed by atoms with Gasteiger partial charge >= 0.3 is 0 Å². The summed E-state index contributed by atoms with van der Waals surface area (Å²) in [5, 5.41) is 0. The molecule has 2 aromatic carbocycles. The van der Waals surface area contributed by atoms with Gasteiger partial charge in [0.25, 0.3) is 0 Å². The number of hydrogen-bond donors (Lipinski definition) is 0. The minimum absolute atomic E-state index is 0.156. The first-order valence-corrected chi connectivity index (χ1v) is 10.8. The topological polar surface area (TPSA) is 46.6 Å². The molecule has 4 nitrogen and oxygen atoms in total. The van der Waals surface area contributed by atoms with Crippen molar-refractivity contribution in [2.45, 2.75) is 25.7 Å². The summed E-state index contributed by atoms with van der Waals surface area (Å²) < 4.78 is 32.2. The normalized spacial score (nSPS) is 16.5. The van der Waals surface area contributed by atoms with Crippen molar-refractivity contribution in [1.29, 1.82) is 0 Å². The zero-order chi connectivity index (χ0) is 18.4. The molecule has 140 valence electrons. The van der Waals surface area contributed by atoms with E-state index < -0.39 is 10.0 Å². The van der Waals surface area contributed by atoms with E-state index in [1.807, 2.05) is 30.3 Å². The fraction of sp³-hybridized carbons (Fsp3) is 0.429. The molecule has 1 saturated heterocycles. The fourth-order valence-electron chi connectivity index (χ4n) is 3.54. The molecule has 26 heavy (non-hydrogen) atoms. The van der Waals surface area contributed by atoms with E-state index in [4.69, 9.17) is 4.74 Å². The lowest BCUT2D eigenvalue weighted by Gasteiger charge is -2.31. The molecule has 3 rings (SSSR count). The second kappa shape index (κ2) is 8.69. The van der Waals surface area contributed by atoms with Gasteiger partial charge in [0.1, 0.15) is 5.75 Å². The summed E-state index contributed by atoms with van der Waals surface area (Å²) in [4.78, 5) is 0. The summed E-state index contributed by atoms with van der Waals surface area (Å²) in [5.74, 6) is 1.49. The number of sulfonamides is 1. The van der Waals surface area contributed by atoms with Crippen molar-refractivity contribution < 1.29 is 13.2 Å². The smallest absolute Gasteiger partial charge is 0.214 e. The van der Waals surface area contributed by atoms with Crippen LogP contribution in [0.15, 0.2) is 54.6 Å². The van der Waals surface area contributed by atoms with Gasteiger partial charge in [0.15, 0.2) is 0 Å². The number of rotatable bonds is 7. The van der Waals surface area contributed by atoms with Crippen LogP contribution in [0, 0.1) is 5.92 Å². The molecule has 0 aromatic heterocycles. The Bertz CT molecular complexity index is 797. The van der Waals surface area contributed by atoms with E-state index in [-0.39, 0.29) is 5.75 Å². The van der Waals surface area contributed by atoms with Gasteiger partial charge in [0.2, 0.25) is 10.0 Å². The SMILES string of the molecule is COc1cccc(CCS(=O)(=O)N2CCC(Cc3ccccc3)CC2)c1. The second-order valence-electron chi connectivity index (χ2n) is 6.95. The van der Waals surface area contributed by atoms with E-state index in [0.29, 0.717) is 25.4 Å². The monoisotopic (exact) mass is 373 g/mol. The van der Waals surface area contributed by atoms with Gasteiger partial charge in [-0.2, -0.15) is 0 Å². The lowest BCUT2D eigenvalue weighted by atomic mass is 9.91. The van der Waals surface area contributed by atoms with Crippen LogP contribution >= 0.6 is 0 Å². The predicted octanol–water partition coefficient (Wildman–Crippen LogP) is 3.52. The molecule has 0 atom stereocenters. The standard InChI is InChI=1S/C21H27NO3S/c1-25-21-9-5-8-19(17-21)12-15-26(23,24)22-13-10-20(11-14-22)16-18-6-3-2-4-7-18/h2-9,17,20H,10-16H2,1H3. The van der Waals surface area contributed by atoms with Crippen molar-refractivity contribution in [1.82, 2.24) is 4.31 Å². The van der Waals surface area contributed by atoms with Crippen molar-refractivity contribution in [2.75, 3.05) is 26.0 Å². The van der Waals surface area contributed by atoms with Crippen LogP contribution in [0.4, 0.5) is 0 Å². The summed E-state index contributed by atoms with van der Waals surface area (Å²) in [6.07, 6.45) is 3.43. The minimum Gasteiger partial charge on any atom is -0.497 e. The van der Waals surface area contributed by atoms with Crippen LogP contribution in [0.5, 0.6) is 5.75 Å². The number of piperidine rings is 1. The molecule has 1 aliphatic rings. The molecule has 0 bridgehead atoms. The molecule has 0 radical (unpaired) electrons. The number of aryl methyl sites for hydroxylation is 1. The molecule has 0 unspecified atom stereocenters. The first-order valence-electron chi connectivity index (χ1n) is 9.21. The molecule has 0 N–H and O–H groups in total. The zero-order valence-electron chi connectivity index (χ0n) is 15.3. The maximum Gasteiger partial charge on any atom is 0.214 e. The van der Waals surface area contributed by atoms with Gasteiger partial charge < -0.3 is 4.74 Å². The number of nitrogens with zero attached hydrogens (tertiary/aromatic N) is 1. The van der Waals surface area contributed by atoms with Gasteiger partial charge in [-0.15, -0.1) is 0 Å².